The number of benzene rings is 1. The van der Waals surface area contributed by atoms with E-state index >= 15 is 0 Å². The molecule has 0 heterocycles. The van der Waals surface area contributed by atoms with Crippen molar-refractivity contribution in [2.45, 2.75) is 33.2 Å². The van der Waals surface area contributed by atoms with Crippen molar-refractivity contribution in [3.63, 3.8) is 0 Å². The molecule has 0 saturated heterocycles. The second-order valence-electron chi connectivity index (χ2n) is 3.97. The molecule has 17 heavy (non-hydrogen) atoms. The van der Waals surface area contributed by atoms with Gasteiger partial charge in [-0.15, -0.1) is 0 Å². The van der Waals surface area contributed by atoms with Crippen LogP contribution >= 0.6 is 15.9 Å². The number of carbonyl (C=O) groups excluding carboxylic acids is 1. The molecule has 0 N–H and O–H groups in total. The summed E-state index contributed by atoms with van der Waals surface area (Å²) in [5.41, 5.74) is 0.126. The second kappa shape index (κ2) is 6.15. The first kappa shape index (κ1) is 14.2. The maximum atomic E-state index is 13.6. The van der Waals surface area contributed by atoms with Gasteiger partial charge in [0.25, 0.3) is 5.91 Å². The summed E-state index contributed by atoms with van der Waals surface area (Å²) in [6, 6.07) is 4.54. The summed E-state index contributed by atoms with van der Waals surface area (Å²) < 4.78 is 14.3. The third kappa shape index (κ3) is 3.28. The fourth-order valence-electron chi connectivity index (χ4n) is 1.69. The number of amides is 1. The van der Waals surface area contributed by atoms with Gasteiger partial charge in [0.2, 0.25) is 0 Å². The lowest BCUT2D eigenvalue weighted by Crippen LogP contribution is -2.38. The lowest BCUT2D eigenvalue weighted by Gasteiger charge is -2.27. The van der Waals surface area contributed by atoms with E-state index in [4.69, 9.17) is 0 Å². The van der Waals surface area contributed by atoms with Gasteiger partial charge >= 0.3 is 0 Å². The van der Waals surface area contributed by atoms with Crippen LogP contribution in [0.2, 0.25) is 0 Å². The van der Waals surface area contributed by atoms with Crippen LogP contribution < -0.4 is 0 Å². The third-order valence-electron chi connectivity index (χ3n) is 2.88. The second-order valence-corrected chi connectivity index (χ2v) is 4.89. The molecule has 0 aromatic heterocycles. The zero-order chi connectivity index (χ0) is 13.0. The van der Waals surface area contributed by atoms with E-state index in [0.717, 1.165) is 6.42 Å². The monoisotopic (exact) mass is 301 g/mol. The zero-order valence-electron chi connectivity index (χ0n) is 10.3. The van der Waals surface area contributed by atoms with Gasteiger partial charge < -0.3 is 4.90 Å². The maximum absolute atomic E-state index is 13.6. The highest BCUT2D eigenvalue weighted by Crippen LogP contribution is 2.18. The molecule has 1 atom stereocenters. The summed E-state index contributed by atoms with van der Waals surface area (Å²) in [5, 5.41) is 0. The Balaban J connectivity index is 3.05. The summed E-state index contributed by atoms with van der Waals surface area (Å²) in [4.78, 5) is 13.9. The van der Waals surface area contributed by atoms with Gasteiger partial charge in [-0.25, -0.2) is 4.39 Å². The molecule has 1 aromatic carbocycles. The van der Waals surface area contributed by atoms with Gasteiger partial charge in [-0.05, 0) is 38.5 Å². The van der Waals surface area contributed by atoms with E-state index in [9.17, 15) is 9.18 Å². The molecule has 1 amide bonds. The Morgan fingerprint density at radius 3 is 2.65 bits per heavy atom. The van der Waals surface area contributed by atoms with Crippen LogP contribution in [0.3, 0.4) is 0 Å². The molecule has 2 nitrogen and oxygen atoms in total. The van der Waals surface area contributed by atoms with Crippen LogP contribution in [0.1, 0.15) is 37.6 Å². The quantitative estimate of drug-likeness (QED) is 0.827. The Morgan fingerprint density at radius 2 is 2.12 bits per heavy atom. The molecular formula is C13H17BrFNO. The summed E-state index contributed by atoms with van der Waals surface area (Å²) in [7, 11) is 0. The van der Waals surface area contributed by atoms with Crippen molar-refractivity contribution >= 4 is 21.8 Å². The van der Waals surface area contributed by atoms with E-state index in [1.165, 1.54) is 12.1 Å². The van der Waals surface area contributed by atoms with Crippen molar-refractivity contribution in [2.24, 2.45) is 0 Å². The molecule has 0 aliphatic rings. The van der Waals surface area contributed by atoms with E-state index in [1.54, 1.807) is 11.0 Å². The van der Waals surface area contributed by atoms with Crippen LogP contribution in [0.5, 0.6) is 0 Å². The lowest BCUT2D eigenvalue weighted by molar-refractivity contribution is 0.0695. The van der Waals surface area contributed by atoms with Crippen molar-refractivity contribution in [3.8, 4) is 0 Å². The van der Waals surface area contributed by atoms with Crippen molar-refractivity contribution in [2.75, 3.05) is 6.54 Å². The molecule has 4 heteroatoms. The predicted octanol–water partition coefficient (Wildman–Crippen LogP) is 3.85. The standard InChI is InChI=1S/C13H17BrFNO/c1-4-9(3)16(5-2)13(17)11-8-10(14)6-7-12(11)15/h6-9H,4-5H2,1-3H3. The summed E-state index contributed by atoms with van der Waals surface area (Å²) in [5.74, 6) is -0.722. The molecule has 1 rings (SSSR count). The number of rotatable bonds is 4. The molecule has 0 fully saturated rings. The molecule has 1 unspecified atom stereocenters. The molecule has 0 bridgehead atoms. The third-order valence-corrected chi connectivity index (χ3v) is 3.38. The smallest absolute Gasteiger partial charge is 0.257 e. The Bertz CT molecular complexity index is 408. The molecule has 0 aliphatic carbocycles. The first-order valence-corrected chi connectivity index (χ1v) is 6.56. The zero-order valence-corrected chi connectivity index (χ0v) is 11.9. The fourth-order valence-corrected chi connectivity index (χ4v) is 2.05. The maximum Gasteiger partial charge on any atom is 0.257 e. The largest absolute Gasteiger partial charge is 0.336 e. The van der Waals surface area contributed by atoms with Crippen LogP contribution in [-0.2, 0) is 0 Å². The number of halogens is 2. The molecular weight excluding hydrogens is 285 g/mol. The lowest BCUT2D eigenvalue weighted by atomic mass is 10.1. The minimum absolute atomic E-state index is 0.117. The number of hydrogen-bond donors (Lipinski definition) is 0. The van der Waals surface area contributed by atoms with Gasteiger partial charge in [-0.3, -0.25) is 4.79 Å². The van der Waals surface area contributed by atoms with Gasteiger partial charge in [0.1, 0.15) is 5.82 Å². The first-order valence-electron chi connectivity index (χ1n) is 5.77. The Morgan fingerprint density at radius 1 is 1.47 bits per heavy atom. The molecule has 0 radical (unpaired) electrons. The van der Waals surface area contributed by atoms with Crippen molar-refractivity contribution in [1.29, 1.82) is 0 Å². The number of carbonyl (C=O) groups is 1. The van der Waals surface area contributed by atoms with Crippen LogP contribution in [-0.4, -0.2) is 23.4 Å². The van der Waals surface area contributed by atoms with E-state index in [0.29, 0.717) is 11.0 Å². The highest BCUT2D eigenvalue weighted by Gasteiger charge is 2.21. The molecule has 0 saturated carbocycles. The Hall–Kier alpha value is -0.900. The Kier molecular flexibility index (Phi) is 5.12. The molecule has 1 aromatic rings. The van der Waals surface area contributed by atoms with Crippen LogP contribution in [0.25, 0.3) is 0 Å². The molecule has 94 valence electrons. The highest BCUT2D eigenvalue weighted by molar-refractivity contribution is 9.10. The highest BCUT2D eigenvalue weighted by atomic mass is 79.9. The minimum Gasteiger partial charge on any atom is -0.336 e. The van der Waals surface area contributed by atoms with Crippen LogP contribution in [0.4, 0.5) is 4.39 Å². The average Bonchev–Trinajstić information content (AvgIpc) is 2.32. The van der Waals surface area contributed by atoms with Gasteiger partial charge in [-0.2, -0.15) is 0 Å². The topological polar surface area (TPSA) is 20.3 Å². The van der Waals surface area contributed by atoms with Gasteiger partial charge in [0.05, 0.1) is 5.56 Å². The average molecular weight is 302 g/mol. The molecule has 0 spiro atoms. The van der Waals surface area contributed by atoms with Gasteiger partial charge in [0.15, 0.2) is 0 Å². The van der Waals surface area contributed by atoms with Crippen LogP contribution in [0.15, 0.2) is 22.7 Å². The van der Waals surface area contributed by atoms with E-state index in [1.807, 2.05) is 20.8 Å². The van der Waals surface area contributed by atoms with Crippen molar-refractivity contribution < 1.29 is 9.18 Å². The Labute approximate surface area is 110 Å². The molecule has 0 aliphatic heterocycles. The summed E-state index contributed by atoms with van der Waals surface area (Å²) in [6.07, 6.45) is 0.856. The minimum atomic E-state index is -0.472. The van der Waals surface area contributed by atoms with Crippen molar-refractivity contribution in [3.05, 3.63) is 34.1 Å². The van der Waals surface area contributed by atoms with E-state index < -0.39 is 5.82 Å². The van der Waals surface area contributed by atoms with Crippen LogP contribution in [0, 0.1) is 5.82 Å². The van der Waals surface area contributed by atoms with Gasteiger partial charge in [-0.1, -0.05) is 22.9 Å². The van der Waals surface area contributed by atoms with E-state index in [-0.39, 0.29) is 17.5 Å². The van der Waals surface area contributed by atoms with Crippen molar-refractivity contribution in [1.82, 2.24) is 4.90 Å². The SMILES string of the molecule is CCC(C)N(CC)C(=O)c1cc(Br)ccc1F. The normalized spacial score (nSPS) is 12.3. The fraction of sp³-hybridized carbons (Fsp3) is 0.462. The summed E-state index contributed by atoms with van der Waals surface area (Å²) in [6.45, 7) is 6.47. The summed E-state index contributed by atoms with van der Waals surface area (Å²) >= 11 is 3.25. The first-order chi connectivity index (χ1) is 8.01. The number of nitrogens with zero attached hydrogens (tertiary/aromatic N) is 1. The number of hydrogen-bond acceptors (Lipinski definition) is 1. The van der Waals surface area contributed by atoms with Gasteiger partial charge in [0, 0.05) is 17.1 Å². The predicted molar refractivity (Wildman–Crippen MR) is 70.6 cm³/mol. The van der Waals surface area contributed by atoms with E-state index in [2.05, 4.69) is 15.9 Å².